The normalized spacial score (nSPS) is 18.2. The fourth-order valence-corrected chi connectivity index (χ4v) is 4.74. The molecule has 0 bridgehead atoms. The predicted octanol–water partition coefficient (Wildman–Crippen LogP) is 4.70. The zero-order chi connectivity index (χ0) is 21.2. The first-order chi connectivity index (χ1) is 15.2. The van der Waals surface area contributed by atoms with Gasteiger partial charge in [0.1, 0.15) is 5.75 Å². The van der Waals surface area contributed by atoms with Crippen LogP contribution in [0.4, 0.5) is 0 Å². The van der Waals surface area contributed by atoms with Gasteiger partial charge in [-0.2, -0.15) is 5.10 Å². The summed E-state index contributed by atoms with van der Waals surface area (Å²) in [6.07, 6.45) is 6.88. The van der Waals surface area contributed by atoms with Crippen LogP contribution in [0.25, 0.3) is 0 Å². The lowest BCUT2D eigenvalue weighted by Crippen LogP contribution is -2.28. The third kappa shape index (κ3) is 4.23. The second-order valence-corrected chi connectivity index (χ2v) is 8.72. The lowest BCUT2D eigenvalue weighted by atomic mass is 9.98. The summed E-state index contributed by atoms with van der Waals surface area (Å²) < 4.78 is 7.47. The third-order valence-corrected chi connectivity index (χ3v) is 6.64. The highest BCUT2D eigenvalue weighted by atomic mass is 32.2. The Morgan fingerprint density at radius 2 is 1.90 bits per heavy atom. The van der Waals surface area contributed by atoms with Crippen molar-refractivity contribution in [2.75, 3.05) is 12.9 Å². The molecule has 0 spiro atoms. The van der Waals surface area contributed by atoms with E-state index >= 15 is 0 Å². The summed E-state index contributed by atoms with van der Waals surface area (Å²) in [5.74, 6) is 1.09. The van der Waals surface area contributed by atoms with Crippen LogP contribution in [0.15, 0.2) is 77.2 Å². The summed E-state index contributed by atoms with van der Waals surface area (Å²) in [6, 6.07) is 18.4. The number of hydrogen-bond acceptors (Lipinski definition) is 5. The van der Waals surface area contributed by atoms with Crippen molar-refractivity contribution in [1.82, 2.24) is 14.6 Å². The van der Waals surface area contributed by atoms with Crippen molar-refractivity contribution in [1.29, 1.82) is 0 Å². The number of methoxy groups -OCH3 is 1. The molecule has 0 radical (unpaired) electrons. The minimum absolute atomic E-state index is 0.0119. The van der Waals surface area contributed by atoms with Crippen molar-refractivity contribution in [3.8, 4) is 5.75 Å². The Bertz CT molecular complexity index is 1090. The summed E-state index contributed by atoms with van der Waals surface area (Å²) >= 11 is 1.49. The van der Waals surface area contributed by atoms with Crippen LogP contribution in [0.3, 0.4) is 0 Å². The van der Waals surface area contributed by atoms with E-state index < -0.39 is 0 Å². The Labute approximate surface area is 185 Å². The topological polar surface area (TPSA) is 59.7 Å². The summed E-state index contributed by atoms with van der Waals surface area (Å²) in [6.45, 7) is 0. The van der Waals surface area contributed by atoms with Crippen LogP contribution in [-0.2, 0) is 4.79 Å². The molecule has 1 saturated carbocycles. The van der Waals surface area contributed by atoms with Crippen molar-refractivity contribution < 1.29 is 9.53 Å². The van der Waals surface area contributed by atoms with E-state index in [1.165, 1.54) is 24.6 Å². The van der Waals surface area contributed by atoms with Gasteiger partial charge in [-0.05, 0) is 36.1 Å². The Balaban J connectivity index is 1.37. The molecule has 2 aliphatic rings. The SMILES string of the molecule is COc1ccc(C2CC(c3ccccc3)=NN2C(=O)CSc2nccn2C2CC2)cc1. The molecule has 1 fully saturated rings. The minimum Gasteiger partial charge on any atom is -0.497 e. The van der Waals surface area contributed by atoms with Crippen LogP contribution in [0.1, 0.15) is 42.5 Å². The first-order valence-electron chi connectivity index (χ1n) is 10.5. The quantitative estimate of drug-likeness (QED) is 0.508. The Hall–Kier alpha value is -3.06. The average molecular weight is 433 g/mol. The lowest BCUT2D eigenvalue weighted by Gasteiger charge is -2.22. The fraction of sp³-hybridized carbons (Fsp3) is 0.292. The zero-order valence-corrected chi connectivity index (χ0v) is 18.2. The molecule has 7 heteroatoms. The lowest BCUT2D eigenvalue weighted by molar-refractivity contribution is -0.130. The van der Waals surface area contributed by atoms with Gasteiger partial charge in [-0.15, -0.1) is 0 Å². The van der Waals surface area contributed by atoms with Crippen molar-refractivity contribution in [2.45, 2.75) is 36.5 Å². The van der Waals surface area contributed by atoms with Gasteiger partial charge in [0.05, 0.1) is 24.6 Å². The maximum Gasteiger partial charge on any atom is 0.253 e. The molecule has 1 aliphatic carbocycles. The van der Waals surface area contributed by atoms with Crippen LogP contribution < -0.4 is 4.74 Å². The van der Waals surface area contributed by atoms with Crippen molar-refractivity contribution >= 4 is 23.4 Å². The zero-order valence-electron chi connectivity index (χ0n) is 17.3. The number of hydrogen-bond donors (Lipinski definition) is 0. The second kappa shape index (κ2) is 8.59. The van der Waals surface area contributed by atoms with Gasteiger partial charge >= 0.3 is 0 Å². The van der Waals surface area contributed by atoms with Crippen LogP contribution in [-0.4, -0.2) is 39.0 Å². The highest BCUT2D eigenvalue weighted by molar-refractivity contribution is 7.99. The summed E-state index contributed by atoms with van der Waals surface area (Å²) in [5, 5.41) is 7.32. The average Bonchev–Trinajstić information content (AvgIpc) is 3.38. The van der Waals surface area contributed by atoms with Crippen LogP contribution >= 0.6 is 11.8 Å². The number of thioether (sulfide) groups is 1. The molecule has 2 aromatic carbocycles. The van der Waals surface area contributed by atoms with E-state index in [1.54, 1.807) is 12.1 Å². The molecule has 5 rings (SSSR count). The number of carbonyl (C=O) groups is 1. The number of ether oxygens (including phenoxy) is 1. The Morgan fingerprint density at radius 1 is 1.13 bits per heavy atom. The monoisotopic (exact) mass is 432 g/mol. The molecule has 2 heterocycles. The summed E-state index contributed by atoms with van der Waals surface area (Å²) in [4.78, 5) is 17.7. The molecule has 158 valence electrons. The summed E-state index contributed by atoms with van der Waals surface area (Å²) in [5.41, 5.74) is 3.03. The van der Waals surface area contributed by atoms with E-state index in [1.807, 2.05) is 67.0 Å². The molecule has 1 atom stereocenters. The van der Waals surface area contributed by atoms with Gasteiger partial charge in [0.25, 0.3) is 5.91 Å². The third-order valence-electron chi connectivity index (χ3n) is 5.67. The van der Waals surface area contributed by atoms with Gasteiger partial charge in [0.15, 0.2) is 5.16 Å². The minimum atomic E-state index is -0.127. The number of nitrogens with zero attached hydrogens (tertiary/aromatic N) is 4. The maximum atomic E-state index is 13.3. The van der Waals surface area contributed by atoms with E-state index in [0.29, 0.717) is 18.2 Å². The van der Waals surface area contributed by atoms with Crippen molar-refractivity contribution in [2.24, 2.45) is 5.10 Å². The van der Waals surface area contributed by atoms with Crippen LogP contribution in [0, 0.1) is 0 Å². The maximum absolute atomic E-state index is 13.3. The molecule has 0 saturated heterocycles. The number of hydrazone groups is 1. The molecule has 0 N–H and O–H groups in total. The first-order valence-corrected chi connectivity index (χ1v) is 11.5. The first kappa shape index (κ1) is 19.9. The van der Waals surface area contributed by atoms with Gasteiger partial charge in [0.2, 0.25) is 0 Å². The van der Waals surface area contributed by atoms with E-state index in [-0.39, 0.29) is 11.9 Å². The summed E-state index contributed by atoms with van der Waals surface area (Å²) in [7, 11) is 1.65. The van der Waals surface area contributed by atoms with E-state index in [2.05, 4.69) is 9.55 Å². The molecule has 31 heavy (non-hydrogen) atoms. The van der Waals surface area contributed by atoms with E-state index in [0.717, 1.165) is 27.7 Å². The highest BCUT2D eigenvalue weighted by Gasteiger charge is 2.33. The molecular weight excluding hydrogens is 408 g/mol. The van der Waals surface area contributed by atoms with Crippen molar-refractivity contribution in [3.05, 3.63) is 78.1 Å². The van der Waals surface area contributed by atoms with Gasteiger partial charge in [-0.3, -0.25) is 4.79 Å². The number of aromatic nitrogens is 2. The number of benzene rings is 2. The Morgan fingerprint density at radius 3 is 2.61 bits per heavy atom. The number of amides is 1. The second-order valence-electron chi connectivity index (χ2n) is 7.78. The largest absolute Gasteiger partial charge is 0.497 e. The Kier molecular flexibility index (Phi) is 5.51. The number of imidazole rings is 1. The molecule has 3 aromatic rings. The van der Waals surface area contributed by atoms with E-state index in [9.17, 15) is 4.79 Å². The van der Waals surface area contributed by atoms with Gasteiger partial charge in [-0.25, -0.2) is 9.99 Å². The molecule has 1 amide bonds. The molecule has 1 aromatic heterocycles. The van der Waals surface area contributed by atoms with Crippen LogP contribution in [0.5, 0.6) is 5.75 Å². The molecule has 1 unspecified atom stereocenters. The fourth-order valence-electron chi connectivity index (χ4n) is 3.87. The van der Waals surface area contributed by atoms with Crippen molar-refractivity contribution in [3.63, 3.8) is 0 Å². The molecular formula is C24H24N4O2S. The van der Waals surface area contributed by atoms with Crippen LogP contribution in [0.2, 0.25) is 0 Å². The van der Waals surface area contributed by atoms with E-state index in [4.69, 9.17) is 9.84 Å². The van der Waals surface area contributed by atoms with Gasteiger partial charge < -0.3 is 9.30 Å². The smallest absolute Gasteiger partial charge is 0.253 e. The van der Waals surface area contributed by atoms with Gasteiger partial charge in [0, 0.05) is 24.9 Å². The predicted molar refractivity (Wildman–Crippen MR) is 121 cm³/mol. The molecule has 1 aliphatic heterocycles. The standard InChI is InChI=1S/C24H24N4O2S/c1-30-20-11-7-18(8-12-20)22-15-21(17-5-3-2-4-6-17)26-28(22)23(29)16-31-24-25-13-14-27(24)19-9-10-19/h2-8,11-14,19,22H,9-10,15-16H2,1H3. The van der Waals surface area contributed by atoms with Gasteiger partial charge in [-0.1, -0.05) is 54.2 Å². The number of rotatable bonds is 7. The molecule has 6 nitrogen and oxygen atoms in total. The highest BCUT2D eigenvalue weighted by Crippen LogP contribution is 2.38. The number of carbonyl (C=O) groups excluding carboxylic acids is 1.